The summed E-state index contributed by atoms with van der Waals surface area (Å²) in [5, 5.41) is 8.99. The van der Waals surface area contributed by atoms with E-state index in [-0.39, 0.29) is 23.2 Å². The van der Waals surface area contributed by atoms with Crippen LogP contribution in [0.1, 0.15) is 28.8 Å². The predicted molar refractivity (Wildman–Crippen MR) is 67.9 cm³/mol. The zero-order valence-electron chi connectivity index (χ0n) is 10.5. The maximum absolute atomic E-state index is 12.5. The Bertz CT molecular complexity index is 515. The molecular formula is C13H13ClF3NO2. The number of carboxylic acids is 1. The lowest BCUT2D eigenvalue weighted by atomic mass is 10.1. The Hall–Kier alpha value is -1.27. The highest BCUT2D eigenvalue weighted by Crippen LogP contribution is 2.32. The number of nitrogens with zero attached hydrogens (tertiary/aromatic N) is 1. The van der Waals surface area contributed by atoms with Gasteiger partial charge in [0.1, 0.15) is 0 Å². The standard InChI is InChI=1S/C13H13ClF3NO2/c14-11-5-8(12(19)20)1-2-9(11)6-18(10-3-4-10)7-13(15,16)17/h1-2,5,10H,3-4,6-7H2,(H,19,20). The van der Waals surface area contributed by atoms with Gasteiger partial charge in [0, 0.05) is 17.6 Å². The normalized spacial score (nSPS) is 15.7. The summed E-state index contributed by atoms with van der Waals surface area (Å²) in [5.41, 5.74) is 0.528. The highest BCUT2D eigenvalue weighted by atomic mass is 35.5. The molecule has 1 aliphatic rings. The molecule has 0 saturated heterocycles. The van der Waals surface area contributed by atoms with Crippen molar-refractivity contribution in [2.45, 2.75) is 31.6 Å². The third-order valence-corrected chi connectivity index (χ3v) is 3.47. The molecule has 1 saturated carbocycles. The molecule has 0 aliphatic heterocycles. The lowest BCUT2D eigenvalue weighted by Crippen LogP contribution is -2.35. The number of carbonyl (C=O) groups is 1. The Kier molecular flexibility index (Phi) is 4.25. The number of benzene rings is 1. The molecule has 0 heterocycles. The van der Waals surface area contributed by atoms with Gasteiger partial charge in [-0.25, -0.2) is 4.79 Å². The number of rotatable bonds is 5. The first-order valence-corrected chi connectivity index (χ1v) is 6.46. The average molecular weight is 308 g/mol. The topological polar surface area (TPSA) is 40.5 Å². The maximum Gasteiger partial charge on any atom is 0.401 e. The molecule has 3 nitrogen and oxygen atoms in total. The summed E-state index contributed by atoms with van der Waals surface area (Å²) >= 11 is 5.94. The summed E-state index contributed by atoms with van der Waals surface area (Å²) in [6.45, 7) is -0.905. The van der Waals surface area contributed by atoms with Gasteiger partial charge in [0.2, 0.25) is 0 Å². The van der Waals surface area contributed by atoms with Crippen molar-refractivity contribution in [3.63, 3.8) is 0 Å². The average Bonchev–Trinajstić information content (AvgIpc) is 3.12. The Morgan fingerprint density at radius 1 is 1.40 bits per heavy atom. The summed E-state index contributed by atoms with van der Waals surface area (Å²) in [7, 11) is 0. The van der Waals surface area contributed by atoms with Crippen LogP contribution in [0.15, 0.2) is 18.2 Å². The molecule has 0 atom stereocenters. The van der Waals surface area contributed by atoms with Crippen LogP contribution in [-0.2, 0) is 6.54 Å². The van der Waals surface area contributed by atoms with Gasteiger partial charge < -0.3 is 5.11 Å². The molecule has 20 heavy (non-hydrogen) atoms. The quantitative estimate of drug-likeness (QED) is 0.904. The van der Waals surface area contributed by atoms with Crippen LogP contribution in [0.25, 0.3) is 0 Å². The van der Waals surface area contributed by atoms with Crippen LogP contribution in [0.2, 0.25) is 5.02 Å². The van der Waals surface area contributed by atoms with Crippen LogP contribution < -0.4 is 0 Å². The molecule has 2 rings (SSSR count). The molecule has 0 aromatic heterocycles. The van der Waals surface area contributed by atoms with Crippen molar-refractivity contribution in [2.24, 2.45) is 0 Å². The fraction of sp³-hybridized carbons (Fsp3) is 0.462. The third-order valence-electron chi connectivity index (χ3n) is 3.12. The van der Waals surface area contributed by atoms with E-state index in [1.807, 2.05) is 0 Å². The smallest absolute Gasteiger partial charge is 0.401 e. The zero-order chi connectivity index (χ0) is 14.9. The Morgan fingerprint density at radius 3 is 2.50 bits per heavy atom. The van der Waals surface area contributed by atoms with E-state index in [1.54, 1.807) is 0 Å². The molecule has 0 bridgehead atoms. The second-order valence-corrected chi connectivity index (χ2v) is 5.27. The predicted octanol–water partition coefficient (Wildman–Crippen LogP) is 3.56. The van der Waals surface area contributed by atoms with Crippen LogP contribution in [0.3, 0.4) is 0 Å². The molecule has 0 unspecified atom stereocenters. The fourth-order valence-corrected chi connectivity index (χ4v) is 2.25. The zero-order valence-corrected chi connectivity index (χ0v) is 11.2. The molecule has 1 aliphatic carbocycles. The second-order valence-electron chi connectivity index (χ2n) is 4.86. The number of hydrogen-bond acceptors (Lipinski definition) is 2. The summed E-state index contributed by atoms with van der Waals surface area (Å²) < 4.78 is 37.5. The van der Waals surface area contributed by atoms with Crippen molar-refractivity contribution in [3.05, 3.63) is 34.3 Å². The Morgan fingerprint density at radius 2 is 2.05 bits per heavy atom. The van der Waals surface area contributed by atoms with Crippen LogP contribution >= 0.6 is 11.6 Å². The van der Waals surface area contributed by atoms with E-state index >= 15 is 0 Å². The van der Waals surface area contributed by atoms with E-state index in [0.717, 1.165) is 12.8 Å². The second kappa shape index (κ2) is 5.61. The Balaban J connectivity index is 2.12. The largest absolute Gasteiger partial charge is 0.478 e. The monoisotopic (exact) mass is 307 g/mol. The van der Waals surface area contributed by atoms with Gasteiger partial charge in [-0.05, 0) is 30.5 Å². The van der Waals surface area contributed by atoms with Crippen molar-refractivity contribution in [1.82, 2.24) is 4.90 Å². The minimum absolute atomic E-state index is 0.0209. The molecule has 0 amide bonds. The van der Waals surface area contributed by atoms with Crippen molar-refractivity contribution in [1.29, 1.82) is 0 Å². The first kappa shape index (κ1) is 15.1. The Labute approximate surface area is 118 Å². The molecule has 1 fully saturated rings. The van der Waals surface area contributed by atoms with Crippen molar-refractivity contribution < 1.29 is 23.1 Å². The summed E-state index contributed by atoms with van der Waals surface area (Å²) in [5.74, 6) is -1.12. The summed E-state index contributed by atoms with van der Waals surface area (Å²) in [6, 6.07) is 4.02. The molecule has 1 aromatic rings. The highest BCUT2D eigenvalue weighted by molar-refractivity contribution is 6.31. The van der Waals surface area contributed by atoms with Gasteiger partial charge in [-0.15, -0.1) is 0 Å². The van der Waals surface area contributed by atoms with E-state index in [0.29, 0.717) is 5.56 Å². The number of aromatic carboxylic acids is 1. The van der Waals surface area contributed by atoms with E-state index in [9.17, 15) is 18.0 Å². The van der Waals surface area contributed by atoms with Gasteiger partial charge in [0.05, 0.1) is 12.1 Å². The SMILES string of the molecule is O=C(O)c1ccc(CN(CC(F)(F)F)C2CC2)c(Cl)c1. The highest BCUT2D eigenvalue weighted by Gasteiger charge is 2.38. The van der Waals surface area contributed by atoms with Gasteiger partial charge in [0.15, 0.2) is 0 Å². The van der Waals surface area contributed by atoms with Gasteiger partial charge in [-0.2, -0.15) is 13.2 Å². The van der Waals surface area contributed by atoms with Crippen LogP contribution in [0.4, 0.5) is 13.2 Å². The number of hydrogen-bond donors (Lipinski definition) is 1. The number of alkyl halides is 3. The molecule has 1 aromatic carbocycles. The fourth-order valence-electron chi connectivity index (χ4n) is 2.01. The number of halogens is 4. The first-order chi connectivity index (χ1) is 9.26. The lowest BCUT2D eigenvalue weighted by molar-refractivity contribution is -0.148. The van der Waals surface area contributed by atoms with Crippen LogP contribution in [-0.4, -0.2) is 34.7 Å². The van der Waals surface area contributed by atoms with Gasteiger partial charge in [-0.3, -0.25) is 4.90 Å². The minimum Gasteiger partial charge on any atom is -0.478 e. The van der Waals surface area contributed by atoms with Gasteiger partial charge in [0.25, 0.3) is 0 Å². The summed E-state index contributed by atoms with van der Waals surface area (Å²) in [4.78, 5) is 12.1. The third kappa shape index (κ3) is 4.11. The molecule has 0 radical (unpaired) electrons. The van der Waals surface area contributed by atoms with Crippen molar-refractivity contribution in [3.8, 4) is 0 Å². The van der Waals surface area contributed by atoms with Crippen molar-refractivity contribution in [2.75, 3.05) is 6.54 Å². The van der Waals surface area contributed by atoms with Gasteiger partial charge >= 0.3 is 12.1 Å². The van der Waals surface area contributed by atoms with Crippen molar-refractivity contribution >= 4 is 17.6 Å². The van der Waals surface area contributed by atoms with E-state index in [4.69, 9.17) is 16.7 Å². The first-order valence-electron chi connectivity index (χ1n) is 6.09. The molecule has 7 heteroatoms. The summed E-state index contributed by atoms with van der Waals surface area (Å²) in [6.07, 6.45) is -2.75. The van der Waals surface area contributed by atoms with Crippen LogP contribution in [0.5, 0.6) is 0 Å². The molecule has 1 N–H and O–H groups in total. The molecule has 0 spiro atoms. The van der Waals surface area contributed by atoms with E-state index in [2.05, 4.69) is 0 Å². The minimum atomic E-state index is -4.25. The van der Waals surface area contributed by atoms with E-state index < -0.39 is 18.7 Å². The molecular weight excluding hydrogens is 295 g/mol. The number of carboxylic acid groups (broad SMARTS) is 1. The van der Waals surface area contributed by atoms with Crippen LogP contribution in [0, 0.1) is 0 Å². The molecule has 110 valence electrons. The lowest BCUT2D eigenvalue weighted by Gasteiger charge is -2.23. The van der Waals surface area contributed by atoms with E-state index in [1.165, 1.54) is 23.1 Å². The van der Waals surface area contributed by atoms with Gasteiger partial charge in [-0.1, -0.05) is 17.7 Å². The maximum atomic E-state index is 12.5.